The monoisotopic (exact) mass is 590 g/mol. The van der Waals surface area contributed by atoms with E-state index in [0.717, 1.165) is 0 Å². The number of rotatable bonds is 3. The van der Waals surface area contributed by atoms with Gasteiger partial charge in [-0.25, -0.2) is 0 Å². The zero-order valence-corrected chi connectivity index (χ0v) is 25.1. The summed E-state index contributed by atoms with van der Waals surface area (Å²) >= 11 is 1.91. The summed E-state index contributed by atoms with van der Waals surface area (Å²) in [5.74, 6) is 0. The van der Waals surface area contributed by atoms with Gasteiger partial charge in [0, 0.05) is 59.3 Å². The number of nitrogens with zero attached hydrogens (tertiary/aromatic N) is 2. The molecule has 0 aliphatic heterocycles. The molecule has 0 aliphatic carbocycles. The van der Waals surface area contributed by atoms with Gasteiger partial charge in [0.25, 0.3) is 0 Å². The molecule has 0 atom stereocenters. The van der Waals surface area contributed by atoms with Crippen LogP contribution in [0.3, 0.4) is 0 Å². The lowest BCUT2D eigenvalue weighted by molar-refractivity contribution is 1.13. The van der Waals surface area contributed by atoms with Gasteiger partial charge < -0.3 is 9.13 Å². The Morgan fingerprint density at radius 2 is 1.11 bits per heavy atom. The molecular formula is C42H26N2S. The van der Waals surface area contributed by atoms with E-state index < -0.39 is 0 Å². The van der Waals surface area contributed by atoms with Crippen LogP contribution in [0.4, 0.5) is 0 Å². The Morgan fingerprint density at radius 3 is 1.96 bits per heavy atom. The predicted octanol–water partition coefficient (Wildman–Crippen LogP) is 11.9. The Kier molecular flexibility index (Phi) is 5.19. The average molecular weight is 591 g/mol. The van der Waals surface area contributed by atoms with Gasteiger partial charge in [-0.05, 0) is 77.2 Å². The maximum Gasteiger partial charge on any atom is 0.0541 e. The molecule has 3 heteroatoms. The third-order valence-corrected chi connectivity index (χ3v) is 10.5. The van der Waals surface area contributed by atoms with Crippen molar-refractivity contribution in [1.29, 1.82) is 0 Å². The van der Waals surface area contributed by atoms with Gasteiger partial charge in [-0.1, -0.05) is 91.0 Å². The van der Waals surface area contributed by atoms with E-state index in [2.05, 4.69) is 167 Å². The number of thiophene rings is 1. The van der Waals surface area contributed by atoms with Gasteiger partial charge in [0.05, 0.1) is 16.6 Å². The number of benzene rings is 7. The van der Waals surface area contributed by atoms with Gasteiger partial charge in [-0.15, -0.1) is 11.3 Å². The van der Waals surface area contributed by atoms with Crippen LogP contribution in [-0.4, -0.2) is 9.13 Å². The minimum atomic E-state index is 1.17. The summed E-state index contributed by atoms with van der Waals surface area (Å²) in [6.07, 6.45) is 2.23. The average Bonchev–Trinajstić information content (AvgIpc) is 3.80. The maximum absolute atomic E-state index is 2.41. The fourth-order valence-electron chi connectivity index (χ4n) is 7.35. The maximum atomic E-state index is 2.41. The lowest BCUT2D eigenvalue weighted by atomic mass is 9.93. The fraction of sp³-hybridized carbons (Fsp3) is 0. The van der Waals surface area contributed by atoms with E-state index in [9.17, 15) is 0 Å². The van der Waals surface area contributed by atoms with Crippen molar-refractivity contribution in [2.24, 2.45) is 0 Å². The molecule has 10 aromatic rings. The predicted molar refractivity (Wildman–Crippen MR) is 193 cm³/mol. The van der Waals surface area contributed by atoms with E-state index in [4.69, 9.17) is 0 Å². The molecule has 0 aliphatic rings. The lowest BCUT2D eigenvalue weighted by Crippen LogP contribution is -1.93. The zero-order chi connectivity index (χ0) is 29.5. The van der Waals surface area contributed by atoms with Crippen molar-refractivity contribution >= 4 is 75.0 Å². The standard InChI is InChI=1S/C42H26N2S/c1-3-11-28(12-4-1)43-24-23-34-39(43)26-35(32-20-21-33-31-16-8-10-18-40(31)45-42(33)41(32)34)27-19-22-38-36(25-27)30-15-7-9-17-37(30)44(38)29-13-5-2-6-14-29/h1-26H. The second-order valence-corrected chi connectivity index (χ2v) is 12.8. The molecule has 10 rings (SSSR count). The fourth-order valence-corrected chi connectivity index (χ4v) is 8.61. The molecule has 0 spiro atoms. The SMILES string of the molecule is c1ccc(-n2ccc3c4c(ccc5c6ccccc6sc54)c(-c4ccc5c(c4)c4ccccc4n5-c4ccccc4)cc32)cc1. The molecule has 0 saturated carbocycles. The summed E-state index contributed by atoms with van der Waals surface area (Å²) in [5, 5.41) is 9.11. The number of fused-ring (bicyclic) bond motifs is 10. The summed E-state index contributed by atoms with van der Waals surface area (Å²) in [6.45, 7) is 0. The van der Waals surface area contributed by atoms with Gasteiger partial charge in [0.15, 0.2) is 0 Å². The molecule has 210 valence electrons. The van der Waals surface area contributed by atoms with Gasteiger partial charge in [0.1, 0.15) is 0 Å². The van der Waals surface area contributed by atoms with Gasteiger partial charge in [-0.3, -0.25) is 0 Å². The molecular weight excluding hydrogens is 565 g/mol. The van der Waals surface area contributed by atoms with E-state index in [1.807, 2.05) is 11.3 Å². The first kappa shape index (κ1) is 24.8. The highest BCUT2D eigenvalue weighted by molar-refractivity contribution is 7.26. The van der Waals surface area contributed by atoms with Crippen LogP contribution in [0.15, 0.2) is 158 Å². The Labute approximate surface area is 263 Å². The third kappa shape index (κ3) is 3.56. The van der Waals surface area contributed by atoms with Crippen molar-refractivity contribution in [2.45, 2.75) is 0 Å². The molecule has 0 N–H and O–H groups in total. The Balaban J connectivity index is 1.32. The lowest BCUT2D eigenvalue weighted by Gasteiger charge is -2.13. The molecule has 0 fully saturated rings. The number of hydrogen-bond acceptors (Lipinski definition) is 1. The molecule has 0 amide bonds. The van der Waals surface area contributed by atoms with Crippen molar-refractivity contribution in [2.75, 3.05) is 0 Å². The van der Waals surface area contributed by atoms with Crippen molar-refractivity contribution in [3.8, 4) is 22.5 Å². The smallest absolute Gasteiger partial charge is 0.0541 e. The van der Waals surface area contributed by atoms with E-state index in [-0.39, 0.29) is 0 Å². The molecule has 0 unspecified atom stereocenters. The normalized spacial score (nSPS) is 12.0. The second-order valence-electron chi connectivity index (χ2n) is 11.8. The van der Waals surface area contributed by atoms with Crippen molar-refractivity contribution < 1.29 is 0 Å². The van der Waals surface area contributed by atoms with Gasteiger partial charge in [0.2, 0.25) is 0 Å². The first-order valence-electron chi connectivity index (χ1n) is 15.4. The number of hydrogen-bond donors (Lipinski definition) is 0. The molecule has 0 bridgehead atoms. The van der Waals surface area contributed by atoms with Crippen LogP contribution < -0.4 is 0 Å². The minimum Gasteiger partial charge on any atom is -0.317 e. The Bertz CT molecular complexity index is 2740. The van der Waals surface area contributed by atoms with Crippen LogP contribution in [-0.2, 0) is 0 Å². The summed E-state index contributed by atoms with van der Waals surface area (Å²) in [5.41, 5.74) is 8.49. The van der Waals surface area contributed by atoms with Crippen LogP contribution in [0.5, 0.6) is 0 Å². The highest BCUT2D eigenvalue weighted by Crippen LogP contribution is 2.45. The van der Waals surface area contributed by atoms with Crippen molar-refractivity contribution in [3.63, 3.8) is 0 Å². The van der Waals surface area contributed by atoms with E-state index >= 15 is 0 Å². The topological polar surface area (TPSA) is 9.86 Å². The largest absolute Gasteiger partial charge is 0.317 e. The quantitative estimate of drug-likeness (QED) is 0.194. The molecule has 0 radical (unpaired) electrons. The number of aromatic nitrogens is 2. The van der Waals surface area contributed by atoms with Crippen molar-refractivity contribution in [3.05, 3.63) is 158 Å². The molecule has 45 heavy (non-hydrogen) atoms. The highest BCUT2D eigenvalue weighted by atomic mass is 32.1. The Hall–Kier alpha value is -5.64. The van der Waals surface area contributed by atoms with Crippen LogP contribution in [0, 0.1) is 0 Å². The van der Waals surface area contributed by atoms with Crippen LogP contribution in [0.2, 0.25) is 0 Å². The molecule has 3 heterocycles. The summed E-state index contributed by atoms with van der Waals surface area (Å²) < 4.78 is 7.41. The Morgan fingerprint density at radius 1 is 0.422 bits per heavy atom. The van der Waals surface area contributed by atoms with Gasteiger partial charge >= 0.3 is 0 Å². The summed E-state index contributed by atoms with van der Waals surface area (Å²) in [6, 6.07) is 55.4. The molecule has 0 saturated heterocycles. The third-order valence-electron chi connectivity index (χ3n) is 9.35. The highest BCUT2D eigenvalue weighted by Gasteiger charge is 2.19. The molecule has 3 aromatic heterocycles. The van der Waals surface area contributed by atoms with Crippen molar-refractivity contribution in [1.82, 2.24) is 9.13 Å². The van der Waals surface area contributed by atoms with E-state index in [0.29, 0.717) is 0 Å². The first-order chi connectivity index (χ1) is 22.3. The first-order valence-corrected chi connectivity index (χ1v) is 16.2. The van der Waals surface area contributed by atoms with Crippen LogP contribution in [0.25, 0.3) is 86.2 Å². The van der Waals surface area contributed by atoms with Gasteiger partial charge in [-0.2, -0.15) is 0 Å². The van der Waals surface area contributed by atoms with Crippen LogP contribution in [0.1, 0.15) is 0 Å². The van der Waals surface area contributed by atoms with E-state index in [1.54, 1.807) is 0 Å². The summed E-state index contributed by atoms with van der Waals surface area (Å²) in [7, 11) is 0. The zero-order valence-electron chi connectivity index (χ0n) is 24.3. The minimum absolute atomic E-state index is 1.17. The molecule has 2 nitrogen and oxygen atoms in total. The molecule has 7 aromatic carbocycles. The summed E-state index contributed by atoms with van der Waals surface area (Å²) in [4.78, 5) is 0. The second kappa shape index (κ2) is 9.43. The van der Waals surface area contributed by atoms with Crippen LogP contribution >= 0.6 is 11.3 Å². The van der Waals surface area contributed by atoms with E-state index in [1.165, 1.54) is 86.2 Å². The number of para-hydroxylation sites is 3.